The number of carbonyl (C=O) groups excluding carboxylic acids is 1. The maximum atomic E-state index is 11.4. The van der Waals surface area contributed by atoms with E-state index < -0.39 is 0 Å². The number of nitrogens with zero attached hydrogens (tertiary/aromatic N) is 1. The molecule has 0 radical (unpaired) electrons. The molecular weight excluding hydrogens is 218 g/mol. The quantitative estimate of drug-likeness (QED) is 0.562. The molecule has 0 bridgehead atoms. The minimum absolute atomic E-state index is 0.130. The summed E-state index contributed by atoms with van der Waals surface area (Å²) >= 11 is 0. The molecule has 1 aromatic carbocycles. The van der Waals surface area contributed by atoms with Gasteiger partial charge < -0.3 is 0 Å². The van der Waals surface area contributed by atoms with Crippen LogP contribution in [0.25, 0.3) is 0 Å². The maximum Gasteiger partial charge on any atom is 0.272 e. The van der Waals surface area contributed by atoms with Gasteiger partial charge in [-0.1, -0.05) is 19.1 Å². The zero-order valence-electron chi connectivity index (χ0n) is 10.2. The van der Waals surface area contributed by atoms with Crippen LogP contribution in [-0.4, -0.2) is 10.7 Å². The van der Waals surface area contributed by atoms with Crippen LogP contribution in [0.15, 0.2) is 18.2 Å². The Kier molecular flexibility index (Phi) is 4.82. The summed E-state index contributed by atoms with van der Waals surface area (Å²) in [7, 11) is 0. The molecule has 0 fully saturated rings. The molecule has 1 aromatic rings. The molecule has 92 valence electrons. The molecule has 0 aromatic heterocycles. The lowest BCUT2D eigenvalue weighted by Gasteiger charge is -2.05. The van der Waals surface area contributed by atoms with Crippen molar-refractivity contribution in [2.45, 2.75) is 39.5 Å². The molecule has 0 amide bonds. The molecule has 0 heterocycles. The second-order valence-corrected chi connectivity index (χ2v) is 4.11. The summed E-state index contributed by atoms with van der Waals surface area (Å²) in [5.41, 5.74) is 1.69. The molecule has 1 rings (SSSR count). The molecule has 0 aliphatic carbocycles. The highest BCUT2D eigenvalue weighted by atomic mass is 16.6. The molecule has 0 spiro atoms. The summed E-state index contributed by atoms with van der Waals surface area (Å²) in [6, 6.07) is 5.01. The largest absolute Gasteiger partial charge is 0.300 e. The molecule has 4 heteroatoms. The van der Waals surface area contributed by atoms with Gasteiger partial charge in [0.2, 0.25) is 0 Å². The molecule has 0 saturated heterocycles. The Morgan fingerprint density at radius 1 is 1.35 bits per heavy atom. The van der Waals surface area contributed by atoms with Crippen LogP contribution >= 0.6 is 0 Å². The van der Waals surface area contributed by atoms with Gasteiger partial charge in [0.25, 0.3) is 5.69 Å². The Morgan fingerprint density at radius 3 is 2.65 bits per heavy atom. The van der Waals surface area contributed by atoms with Crippen molar-refractivity contribution in [1.82, 2.24) is 0 Å². The van der Waals surface area contributed by atoms with Gasteiger partial charge in [-0.15, -0.1) is 0 Å². The molecule has 0 unspecified atom stereocenters. The van der Waals surface area contributed by atoms with Gasteiger partial charge in [-0.05, 0) is 25.3 Å². The minimum atomic E-state index is -0.382. The highest BCUT2D eigenvalue weighted by Crippen LogP contribution is 2.22. The lowest BCUT2D eigenvalue weighted by Crippen LogP contribution is -2.02. The lowest BCUT2D eigenvalue weighted by molar-refractivity contribution is -0.385. The van der Waals surface area contributed by atoms with E-state index in [0.717, 1.165) is 12.0 Å². The summed E-state index contributed by atoms with van der Waals surface area (Å²) in [5, 5.41) is 10.8. The third-order valence-corrected chi connectivity index (χ3v) is 2.82. The summed E-state index contributed by atoms with van der Waals surface area (Å²) in [4.78, 5) is 21.8. The van der Waals surface area contributed by atoms with Gasteiger partial charge >= 0.3 is 0 Å². The Labute approximate surface area is 101 Å². The van der Waals surface area contributed by atoms with Gasteiger partial charge in [0, 0.05) is 24.5 Å². The lowest BCUT2D eigenvalue weighted by atomic mass is 10.00. The van der Waals surface area contributed by atoms with Crippen molar-refractivity contribution in [3.8, 4) is 0 Å². The number of carbonyl (C=O) groups is 1. The first kappa shape index (κ1) is 13.4. The number of aryl methyl sites for hydroxylation is 1. The molecule has 4 nitrogen and oxygen atoms in total. The van der Waals surface area contributed by atoms with Gasteiger partial charge in [-0.2, -0.15) is 0 Å². The first-order valence-corrected chi connectivity index (χ1v) is 5.80. The highest BCUT2D eigenvalue weighted by Gasteiger charge is 2.13. The van der Waals surface area contributed by atoms with Crippen LogP contribution < -0.4 is 0 Å². The van der Waals surface area contributed by atoms with E-state index in [-0.39, 0.29) is 16.4 Å². The number of hydrogen-bond donors (Lipinski definition) is 0. The van der Waals surface area contributed by atoms with Crippen LogP contribution in [0.2, 0.25) is 0 Å². The topological polar surface area (TPSA) is 60.2 Å². The van der Waals surface area contributed by atoms with Crippen LogP contribution in [0.3, 0.4) is 0 Å². The maximum absolute atomic E-state index is 11.4. The smallest absolute Gasteiger partial charge is 0.272 e. The SMILES string of the molecule is CCCC(=O)CCc1cccc([N+](=O)[O-])c1C. The van der Waals surface area contributed by atoms with Crippen molar-refractivity contribution in [1.29, 1.82) is 0 Å². The summed E-state index contributed by atoms with van der Waals surface area (Å²) in [5.74, 6) is 0.221. The number of ketones is 1. The average molecular weight is 235 g/mol. The Hall–Kier alpha value is -1.71. The first-order valence-electron chi connectivity index (χ1n) is 5.80. The van der Waals surface area contributed by atoms with Gasteiger partial charge in [0.1, 0.15) is 5.78 Å². The fraction of sp³-hybridized carbons (Fsp3) is 0.462. The predicted molar refractivity (Wildman–Crippen MR) is 66.1 cm³/mol. The second kappa shape index (κ2) is 6.13. The van der Waals surface area contributed by atoms with E-state index in [1.165, 1.54) is 6.07 Å². The van der Waals surface area contributed by atoms with Crippen molar-refractivity contribution in [3.63, 3.8) is 0 Å². The van der Waals surface area contributed by atoms with E-state index in [9.17, 15) is 14.9 Å². The molecule has 0 N–H and O–H groups in total. The van der Waals surface area contributed by atoms with E-state index in [1.807, 2.05) is 13.0 Å². The monoisotopic (exact) mass is 235 g/mol. The van der Waals surface area contributed by atoms with Crippen molar-refractivity contribution in [2.75, 3.05) is 0 Å². The zero-order valence-corrected chi connectivity index (χ0v) is 10.2. The van der Waals surface area contributed by atoms with Crippen LogP contribution in [0, 0.1) is 17.0 Å². The molecule has 0 aliphatic rings. The number of nitro groups is 1. The van der Waals surface area contributed by atoms with Crippen LogP contribution in [0.4, 0.5) is 5.69 Å². The fourth-order valence-electron chi connectivity index (χ4n) is 1.82. The van der Waals surface area contributed by atoms with Crippen molar-refractivity contribution in [2.24, 2.45) is 0 Å². The van der Waals surface area contributed by atoms with Crippen LogP contribution in [-0.2, 0) is 11.2 Å². The predicted octanol–water partition coefficient (Wildman–Crippen LogP) is 3.21. The van der Waals surface area contributed by atoms with Crippen molar-refractivity contribution >= 4 is 11.5 Å². The van der Waals surface area contributed by atoms with E-state index in [4.69, 9.17) is 0 Å². The molecule has 17 heavy (non-hydrogen) atoms. The molecular formula is C13H17NO3. The second-order valence-electron chi connectivity index (χ2n) is 4.11. The Morgan fingerprint density at radius 2 is 2.06 bits per heavy atom. The van der Waals surface area contributed by atoms with Gasteiger partial charge in [0.05, 0.1) is 4.92 Å². The summed E-state index contributed by atoms with van der Waals surface area (Å²) < 4.78 is 0. The summed E-state index contributed by atoms with van der Waals surface area (Å²) in [6.07, 6.45) is 2.50. The Balaban J connectivity index is 2.75. The van der Waals surface area contributed by atoms with Crippen LogP contribution in [0.5, 0.6) is 0 Å². The first-order chi connectivity index (χ1) is 8.06. The summed E-state index contributed by atoms with van der Waals surface area (Å²) in [6.45, 7) is 3.70. The number of nitro benzene ring substituents is 1. The Bertz CT molecular complexity index is 427. The van der Waals surface area contributed by atoms with Crippen molar-refractivity contribution in [3.05, 3.63) is 39.4 Å². The molecule has 0 saturated carbocycles. The van der Waals surface area contributed by atoms with E-state index in [1.54, 1.807) is 13.0 Å². The van der Waals surface area contributed by atoms with E-state index in [0.29, 0.717) is 24.8 Å². The number of rotatable bonds is 6. The zero-order chi connectivity index (χ0) is 12.8. The third kappa shape index (κ3) is 3.66. The average Bonchev–Trinajstić information content (AvgIpc) is 2.27. The van der Waals surface area contributed by atoms with E-state index in [2.05, 4.69) is 0 Å². The van der Waals surface area contributed by atoms with Gasteiger partial charge in [0.15, 0.2) is 0 Å². The normalized spacial score (nSPS) is 10.2. The van der Waals surface area contributed by atoms with Gasteiger partial charge in [-0.25, -0.2) is 0 Å². The number of benzene rings is 1. The van der Waals surface area contributed by atoms with E-state index >= 15 is 0 Å². The standard InChI is InChI=1S/C13H17NO3/c1-3-5-12(15)9-8-11-6-4-7-13(10(11)2)14(16)17/h4,6-7H,3,5,8-9H2,1-2H3. The van der Waals surface area contributed by atoms with Gasteiger partial charge in [-0.3, -0.25) is 14.9 Å². The third-order valence-electron chi connectivity index (χ3n) is 2.82. The number of Topliss-reactive ketones (excluding diaryl/α,β-unsaturated/α-hetero) is 1. The van der Waals surface area contributed by atoms with Crippen LogP contribution in [0.1, 0.15) is 37.3 Å². The fourth-order valence-corrected chi connectivity index (χ4v) is 1.82. The highest BCUT2D eigenvalue weighted by molar-refractivity contribution is 5.78. The van der Waals surface area contributed by atoms with Crippen molar-refractivity contribution < 1.29 is 9.72 Å². The molecule has 0 aliphatic heterocycles. The molecule has 0 atom stereocenters. The minimum Gasteiger partial charge on any atom is -0.300 e. The number of hydrogen-bond acceptors (Lipinski definition) is 3.